The summed E-state index contributed by atoms with van der Waals surface area (Å²) in [5.74, 6) is 0.173. The van der Waals surface area contributed by atoms with Crippen LogP contribution in [-0.4, -0.2) is 15.6 Å². The normalized spacial score (nSPS) is 10.2. The zero-order valence-electron chi connectivity index (χ0n) is 7.17. The largest absolute Gasteiger partial charge is 0.300 e. The van der Waals surface area contributed by atoms with Gasteiger partial charge in [-0.05, 0) is 13.3 Å². The van der Waals surface area contributed by atoms with Crippen LogP contribution in [-0.2, 0) is 18.3 Å². The Balaban J connectivity index is 2.68. The SMILES string of the molecule is CC(=O)CCc1c(Cl)cnn1C. The van der Waals surface area contributed by atoms with Gasteiger partial charge < -0.3 is 4.79 Å². The van der Waals surface area contributed by atoms with E-state index in [1.807, 2.05) is 7.05 Å². The van der Waals surface area contributed by atoms with E-state index >= 15 is 0 Å². The van der Waals surface area contributed by atoms with Gasteiger partial charge in [0.2, 0.25) is 0 Å². The van der Waals surface area contributed by atoms with Crippen molar-refractivity contribution in [3.05, 3.63) is 16.9 Å². The molecule has 0 saturated heterocycles. The lowest BCUT2D eigenvalue weighted by Crippen LogP contribution is -2.01. The summed E-state index contributed by atoms with van der Waals surface area (Å²) in [6, 6.07) is 0. The van der Waals surface area contributed by atoms with Gasteiger partial charge in [-0.3, -0.25) is 4.68 Å². The molecular formula is C8H11ClN2O. The predicted octanol–water partition coefficient (Wildman–Crippen LogP) is 1.60. The van der Waals surface area contributed by atoms with E-state index in [0.29, 0.717) is 17.9 Å². The molecule has 0 aliphatic carbocycles. The number of aryl methyl sites for hydroxylation is 1. The summed E-state index contributed by atoms with van der Waals surface area (Å²) in [6.45, 7) is 1.57. The maximum atomic E-state index is 10.7. The van der Waals surface area contributed by atoms with Crippen LogP contribution in [0.5, 0.6) is 0 Å². The summed E-state index contributed by atoms with van der Waals surface area (Å²) in [5, 5.41) is 4.61. The lowest BCUT2D eigenvalue weighted by atomic mass is 10.2. The average Bonchev–Trinajstić information content (AvgIpc) is 2.28. The zero-order chi connectivity index (χ0) is 9.14. The molecule has 0 radical (unpaired) electrons. The van der Waals surface area contributed by atoms with Crippen LogP contribution in [0.2, 0.25) is 5.02 Å². The van der Waals surface area contributed by atoms with Gasteiger partial charge in [-0.15, -0.1) is 0 Å². The molecule has 0 fully saturated rings. The highest BCUT2D eigenvalue weighted by Gasteiger charge is 2.06. The van der Waals surface area contributed by atoms with E-state index in [2.05, 4.69) is 5.10 Å². The van der Waals surface area contributed by atoms with Gasteiger partial charge in [-0.25, -0.2) is 0 Å². The van der Waals surface area contributed by atoms with Crippen LogP contribution in [0, 0.1) is 0 Å². The van der Waals surface area contributed by atoms with Crippen molar-refractivity contribution in [3.63, 3.8) is 0 Å². The number of ketones is 1. The van der Waals surface area contributed by atoms with Crippen molar-refractivity contribution in [1.82, 2.24) is 9.78 Å². The summed E-state index contributed by atoms with van der Waals surface area (Å²) in [6.07, 6.45) is 2.79. The fraction of sp³-hybridized carbons (Fsp3) is 0.500. The molecule has 12 heavy (non-hydrogen) atoms. The molecule has 0 spiro atoms. The monoisotopic (exact) mass is 186 g/mol. The first-order chi connectivity index (χ1) is 5.61. The molecule has 1 aromatic heterocycles. The fourth-order valence-electron chi connectivity index (χ4n) is 1.01. The third-order valence-corrected chi connectivity index (χ3v) is 2.04. The summed E-state index contributed by atoms with van der Waals surface area (Å²) in [4.78, 5) is 10.7. The van der Waals surface area contributed by atoms with Gasteiger partial charge in [0.15, 0.2) is 0 Å². The molecule has 4 heteroatoms. The molecule has 66 valence electrons. The second kappa shape index (κ2) is 3.72. The van der Waals surface area contributed by atoms with E-state index < -0.39 is 0 Å². The Kier molecular flexibility index (Phi) is 2.87. The topological polar surface area (TPSA) is 34.9 Å². The summed E-state index contributed by atoms with van der Waals surface area (Å²) in [7, 11) is 1.82. The zero-order valence-corrected chi connectivity index (χ0v) is 7.93. The molecule has 0 N–H and O–H groups in total. The molecule has 0 saturated carbocycles. The van der Waals surface area contributed by atoms with Crippen molar-refractivity contribution in [2.45, 2.75) is 19.8 Å². The third-order valence-electron chi connectivity index (χ3n) is 1.72. The maximum absolute atomic E-state index is 10.7. The molecular weight excluding hydrogens is 176 g/mol. The van der Waals surface area contributed by atoms with E-state index in [0.717, 1.165) is 5.69 Å². The minimum atomic E-state index is 0.173. The van der Waals surface area contributed by atoms with Crippen molar-refractivity contribution >= 4 is 17.4 Å². The summed E-state index contributed by atoms with van der Waals surface area (Å²) in [5.41, 5.74) is 0.923. The number of Topliss-reactive ketones (excluding diaryl/α,β-unsaturated/α-hetero) is 1. The highest BCUT2D eigenvalue weighted by atomic mass is 35.5. The van der Waals surface area contributed by atoms with Gasteiger partial charge >= 0.3 is 0 Å². The first-order valence-electron chi connectivity index (χ1n) is 3.77. The number of aromatic nitrogens is 2. The number of carbonyl (C=O) groups is 1. The number of halogens is 1. The van der Waals surface area contributed by atoms with Crippen molar-refractivity contribution in [2.75, 3.05) is 0 Å². The number of rotatable bonds is 3. The molecule has 1 heterocycles. The van der Waals surface area contributed by atoms with Gasteiger partial charge in [-0.2, -0.15) is 5.10 Å². The molecule has 0 bridgehead atoms. The smallest absolute Gasteiger partial charge is 0.130 e. The van der Waals surface area contributed by atoms with Gasteiger partial charge in [0.25, 0.3) is 0 Å². The van der Waals surface area contributed by atoms with E-state index in [-0.39, 0.29) is 5.78 Å². The van der Waals surface area contributed by atoms with Crippen LogP contribution in [0.25, 0.3) is 0 Å². The highest BCUT2D eigenvalue weighted by molar-refractivity contribution is 6.31. The molecule has 0 aliphatic heterocycles. The Labute approximate surface area is 76.3 Å². The Hall–Kier alpha value is -0.830. The van der Waals surface area contributed by atoms with Gasteiger partial charge in [0.1, 0.15) is 5.78 Å². The van der Waals surface area contributed by atoms with Crippen LogP contribution in [0.15, 0.2) is 6.20 Å². The highest BCUT2D eigenvalue weighted by Crippen LogP contribution is 2.15. The van der Waals surface area contributed by atoms with E-state index in [4.69, 9.17) is 11.6 Å². The van der Waals surface area contributed by atoms with Crippen molar-refractivity contribution in [3.8, 4) is 0 Å². The molecule has 0 unspecified atom stereocenters. The second-order valence-corrected chi connectivity index (χ2v) is 3.17. The van der Waals surface area contributed by atoms with E-state index in [1.54, 1.807) is 17.8 Å². The van der Waals surface area contributed by atoms with E-state index in [1.165, 1.54) is 0 Å². The van der Waals surface area contributed by atoms with Crippen molar-refractivity contribution in [2.24, 2.45) is 7.05 Å². The molecule has 1 rings (SSSR count). The summed E-state index contributed by atoms with van der Waals surface area (Å²) >= 11 is 5.83. The van der Waals surface area contributed by atoms with Crippen LogP contribution in [0.4, 0.5) is 0 Å². The van der Waals surface area contributed by atoms with Gasteiger partial charge in [-0.1, -0.05) is 11.6 Å². The number of hydrogen-bond donors (Lipinski definition) is 0. The molecule has 3 nitrogen and oxygen atoms in total. The first-order valence-corrected chi connectivity index (χ1v) is 4.15. The quantitative estimate of drug-likeness (QED) is 0.719. The Morgan fingerprint density at radius 3 is 2.83 bits per heavy atom. The Bertz CT molecular complexity index is 274. The number of hydrogen-bond acceptors (Lipinski definition) is 2. The lowest BCUT2D eigenvalue weighted by molar-refractivity contribution is -0.117. The minimum absolute atomic E-state index is 0.173. The second-order valence-electron chi connectivity index (χ2n) is 2.76. The minimum Gasteiger partial charge on any atom is -0.300 e. The molecule has 0 atom stereocenters. The van der Waals surface area contributed by atoms with E-state index in [9.17, 15) is 4.79 Å². The average molecular weight is 187 g/mol. The maximum Gasteiger partial charge on any atom is 0.130 e. The standard InChI is InChI=1S/C8H11ClN2O/c1-6(12)3-4-8-7(9)5-10-11(8)2/h5H,3-4H2,1-2H3. The van der Waals surface area contributed by atoms with Crippen LogP contribution in [0.3, 0.4) is 0 Å². The van der Waals surface area contributed by atoms with Gasteiger partial charge in [0, 0.05) is 13.5 Å². The Morgan fingerprint density at radius 1 is 1.75 bits per heavy atom. The van der Waals surface area contributed by atoms with Crippen LogP contribution >= 0.6 is 11.6 Å². The molecule has 1 aromatic rings. The first kappa shape index (κ1) is 9.26. The molecule has 0 aromatic carbocycles. The van der Waals surface area contributed by atoms with Crippen LogP contribution < -0.4 is 0 Å². The lowest BCUT2D eigenvalue weighted by Gasteiger charge is -1.99. The predicted molar refractivity (Wildman–Crippen MR) is 47.2 cm³/mol. The number of nitrogens with zero attached hydrogens (tertiary/aromatic N) is 2. The van der Waals surface area contributed by atoms with Crippen LogP contribution in [0.1, 0.15) is 19.0 Å². The van der Waals surface area contributed by atoms with Crippen molar-refractivity contribution in [1.29, 1.82) is 0 Å². The van der Waals surface area contributed by atoms with Gasteiger partial charge in [0.05, 0.1) is 16.9 Å². The molecule has 0 amide bonds. The third kappa shape index (κ3) is 2.08. The summed E-state index contributed by atoms with van der Waals surface area (Å²) < 4.78 is 1.70. The fourth-order valence-corrected chi connectivity index (χ4v) is 1.27. The Morgan fingerprint density at radius 2 is 2.42 bits per heavy atom. The number of carbonyl (C=O) groups excluding carboxylic acids is 1. The molecule has 0 aliphatic rings. The van der Waals surface area contributed by atoms with Crippen molar-refractivity contribution < 1.29 is 4.79 Å².